The Morgan fingerprint density at radius 3 is 1.84 bits per heavy atom. The first-order valence-electron chi connectivity index (χ1n) is 11.4. The highest BCUT2D eigenvalue weighted by atomic mass is 16.4. The molecule has 1 rings (SSSR count). The van der Waals surface area contributed by atoms with Crippen LogP contribution in [-0.4, -0.2) is 59.5 Å². The van der Waals surface area contributed by atoms with Crippen molar-refractivity contribution in [3.63, 3.8) is 0 Å². The van der Waals surface area contributed by atoms with E-state index in [9.17, 15) is 24.3 Å². The van der Waals surface area contributed by atoms with Crippen LogP contribution in [0.3, 0.4) is 0 Å². The maximum atomic E-state index is 13.1. The molecule has 9 nitrogen and oxygen atoms in total. The minimum absolute atomic E-state index is 0.131. The number of hydrogen-bond donors (Lipinski definition) is 5. The molecule has 1 aliphatic heterocycles. The van der Waals surface area contributed by atoms with Crippen LogP contribution in [0.15, 0.2) is 0 Å². The number of hydrogen-bond acceptors (Lipinski definition) is 5. The Kier molecular flexibility index (Phi) is 11.0. The van der Waals surface area contributed by atoms with Crippen LogP contribution in [-0.2, 0) is 19.2 Å². The Morgan fingerprint density at radius 1 is 0.871 bits per heavy atom. The van der Waals surface area contributed by atoms with Crippen LogP contribution in [0.5, 0.6) is 0 Å². The predicted octanol–water partition coefficient (Wildman–Crippen LogP) is 1.03. The summed E-state index contributed by atoms with van der Waals surface area (Å²) in [5, 5.41) is 20.7. The van der Waals surface area contributed by atoms with Gasteiger partial charge in [-0.05, 0) is 37.1 Å². The summed E-state index contributed by atoms with van der Waals surface area (Å²) in [6, 6.07) is -3.03. The van der Waals surface area contributed by atoms with Gasteiger partial charge in [0.1, 0.15) is 18.1 Å². The third-order valence-corrected chi connectivity index (χ3v) is 6.19. The molecule has 1 heterocycles. The molecule has 3 amide bonds. The maximum absolute atomic E-state index is 13.1. The van der Waals surface area contributed by atoms with Gasteiger partial charge in [-0.1, -0.05) is 54.4 Å². The quantitative estimate of drug-likeness (QED) is 0.307. The molecule has 0 aromatic heterocycles. The molecule has 1 aliphatic rings. The van der Waals surface area contributed by atoms with Gasteiger partial charge in [0.25, 0.3) is 0 Å². The molecule has 1 saturated heterocycles. The van der Waals surface area contributed by atoms with Crippen LogP contribution in [0.4, 0.5) is 0 Å². The fourth-order valence-electron chi connectivity index (χ4n) is 3.57. The molecule has 0 aliphatic carbocycles. The standard InChI is InChI=1S/C22H40N4O5/c1-7-13(5)17(25-19(27)15-10-9-11-23-15)21(29)24-16(12(3)4)20(28)26-18(22(30)31)14(6)8-2/h12-18,23H,7-11H2,1-6H3,(H,24,29)(H,25,27)(H,26,28)(H,30,31). The number of carbonyl (C=O) groups is 4. The van der Waals surface area contributed by atoms with Gasteiger partial charge in [0, 0.05) is 0 Å². The van der Waals surface area contributed by atoms with E-state index in [1.807, 2.05) is 20.8 Å². The van der Waals surface area contributed by atoms with Crippen molar-refractivity contribution >= 4 is 23.7 Å². The number of carboxylic acid groups (broad SMARTS) is 1. The summed E-state index contributed by atoms with van der Waals surface area (Å²) in [4.78, 5) is 50.1. The minimum Gasteiger partial charge on any atom is -0.480 e. The molecule has 6 unspecified atom stereocenters. The largest absolute Gasteiger partial charge is 0.480 e. The van der Waals surface area contributed by atoms with Gasteiger partial charge < -0.3 is 26.4 Å². The Labute approximate surface area is 185 Å². The van der Waals surface area contributed by atoms with Gasteiger partial charge in [0.2, 0.25) is 17.7 Å². The number of rotatable bonds is 12. The summed E-state index contributed by atoms with van der Waals surface area (Å²) < 4.78 is 0. The van der Waals surface area contributed by atoms with E-state index in [0.717, 1.165) is 19.4 Å². The van der Waals surface area contributed by atoms with Crippen LogP contribution in [0.2, 0.25) is 0 Å². The predicted molar refractivity (Wildman–Crippen MR) is 118 cm³/mol. The topological polar surface area (TPSA) is 137 Å². The molecule has 0 spiro atoms. The summed E-state index contributed by atoms with van der Waals surface area (Å²) in [5.41, 5.74) is 0. The summed E-state index contributed by atoms with van der Waals surface area (Å²) in [7, 11) is 0. The van der Waals surface area contributed by atoms with Crippen molar-refractivity contribution in [2.75, 3.05) is 6.54 Å². The van der Waals surface area contributed by atoms with Crippen molar-refractivity contribution in [1.29, 1.82) is 0 Å². The molecule has 0 bridgehead atoms. The van der Waals surface area contributed by atoms with E-state index in [0.29, 0.717) is 12.8 Å². The van der Waals surface area contributed by atoms with Crippen molar-refractivity contribution in [3.05, 3.63) is 0 Å². The molecule has 0 saturated carbocycles. The van der Waals surface area contributed by atoms with Crippen molar-refractivity contribution in [2.45, 2.75) is 91.4 Å². The third kappa shape index (κ3) is 7.79. The Morgan fingerprint density at radius 2 is 1.39 bits per heavy atom. The molecule has 6 atom stereocenters. The molecular formula is C22H40N4O5. The van der Waals surface area contributed by atoms with Gasteiger partial charge in [-0.15, -0.1) is 0 Å². The summed E-state index contributed by atoms with van der Waals surface area (Å²) in [5.74, 6) is -2.95. The highest BCUT2D eigenvalue weighted by Crippen LogP contribution is 2.13. The highest BCUT2D eigenvalue weighted by molar-refractivity contribution is 5.94. The minimum atomic E-state index is -1.11. The summed E-state index contributed by atoms with van der Waals surface area (Å²) >= 11 is 0. The van der Waals surface area contributed by atoms with E-state index in [1.54, 1.807) is 20.8 Å². The lowest BCUT2D eigenvalue weighted by Crippen LogP contribution is -2.60. The number of carbonyl (C=O) groups excluding carboxylic acids is 3. The Bertz CT molecular complexity index is 633. The van der Waals surface area contributed by atoms with Crippen molar-refractivity contribution < 1.29 is 24.3 Å². The monoisotopic (exact) mass is 440 g/mol. The Hall–Kier alpha value is -2.16. The van der Waals surface area contributed by atoms with Crippen LogP contribution >= 0.6 is 0 Å². The zero-order valence-electron chi connectivity index (χ0n) is 19.7. The van der Waals surface area contributed by atoms with Gasteiger partial charge in [0.05, 0.1) is 6.04 Å². The first-order valence-corrected chi connectivity index (χ1v) is 11.4. The smallest absolute Gasteiger partial charge is 0.326 e. The number of aliphatic carboxylic acids is 1. The van der Waals surface area contributed by atoms with E-state index in [2.05, 4.69) is 21.3 Å². The average Bonchev–Trinajstić information content (AvgIpc) is 3.27. The second-order valence-corrected chi connectivity index (χ2v) is 8.96. The molecule has 31 heavy (non-hydrogen) atoms. The normalized spacial score (nSPS) is 20.9. The summed E-state index contributed by atoms with van der Waals surface area (Å²) in [6.07, 6.45) is 2.90. The van der Waals surface area contributed by atoms with Gasteiger partial charge in [-0.25, -0.2) is 4.79 Å². The van der Waals surface area contributed by atoms with Crippen molar-refractivity contribution in [1.82, 2.24) is 21.3 Å². The molecule has 0 aromatic carbocycles. The number of nitrogens with one attached hydrogen (secondary N) is 4. The van der Waals surface area contributed by atoms with Crippen LogP contribution in [0.25, 0.3) is 0 Å². The second-order valence-electron chi connectivity index (χ2n) is 8.96. The van der Waals surface area contributed by atoms with E-state index >= 15 is 0 Å². The lowest BCUT2D eigenvalue weighted by atomic mass is 9.95. The second kappa shape index (κ2) is 12.6. The van der Waals surface area contributed by atoms with E-state index < -0.39 is 35.9 Å². The molecule has 178 valence electrons. The van der Waals surface area contributed by atoms with Crippen LogP contribution in [0, 0.1) is 17.8 Å². The fraction of sp³-hybridized carbons (Fsp3) is 0.818. The van der Waals surface area contributed by atoms with E-state index in [4.69, 9.17) is 0 Å². The van der Waals surface area contributed by atoms with Crippen molar-refractivity contribution in [3.8, 4) is 0 Å². The lowest BCUT2D eigenvalue weighted by molar-refractivity contribution is -0.144. The maximum Gasteiger partial charge on any atom is 0.326 e. The fourth-order valence-corrected chi connectivity index (χ4v) is 3.57. The zero-order chi connectivity index (χ0) is 23.7. The average molecular weight is 441 g/mol. The molecule has 0 radical (unpaired) electrons. The third-order valence-electron chi connectivity index (χ3n) is 6.19. The first-order chi connectivity index (χ1) is 14.5. The number of amides is 3. The molecule has 5 N–H and O–H groups in total. The molecule has 9 heteroatoms. The van der Waals surface area contributed by atoms with E-state index in [1.165, 1.54) is 0 Å². The Balaban J connectivity index is 2.93. The SMILES string of the molecule is CCC(C)C(NC(=O)C(NC(=O)C(NC(=O)C1CCCN1)C(C)CC)C(C)C)C(=O)O. The lowest BCUT2D eigenvalue weighted by Gasteiger charge is -2.30. The van der Waals surface area contributed by atoms with Crippen molar-refractivity contribution in [2.24, 2.45) is 17.8 Å². The molecule has 1 fully saturated rings. The van der Waals surface area contributed by atoms with Crippen LogP contribution in [0.1, 0.15) is 67.2 Å². The number of carboxylic acids is 1. The zero-order valence-corrected chi connectivity index (χ0v) is 19.7. The van der Waals surface area contributed by atoms with Crippen LogP contribution < -0.4 is 21.3 Å². The molecular weight excluding hydrogens is 400 g/mol. The van der Waals surface area contributed by atoms with Gasteiger partial charge in [-0.2, -0.15) is 0 Å². The summed E-state index contributed by atoms with van der Waals surface area (Å²) in [6.45, 7) is 11.8. The van der Waals surface area contributed by atoms with E-state index in [-0.39, 0.29) is 29.7 Å². The van der Waals surface area contributed by atoms with Gasteiger partial charge in [0.15, 0.2) is 0 Å². The first kappa shape index (κ1) is 26.9. The highest BCUT2D eigenvalue weighted by Gasteiger charge is 2.35. The molecule has 0 aromatic rings. The van der Waals surface area contributed by atoms with Gasteiger partial charge >= 0.3 is 5.97 Å². The van der Waals surface area contributed by atoms with Gasteiger partial charge in [-0.3, -0.25) is 14.4 Å².